The van der Waals surface area contributed by atoms with Crippen LogP contribution in [0.4, 0.5) is 5.69 Å². The van der Waals surface area contributed by atoms with E-state index in [9.17, 15) is 14.7 Å². The van der Waals surface area contributed by atoms with E-state index in [-0.39, 0.29) is 39.2 Å². The minimum Gasteiger partial charge on any atom is -0.504 e. The maximum absolute atomic E-state index is 13.6. The molecule has 160 valence electrons. The Hall–Kier alpha value is -3.48. The summed E-state index contributed by atoms with van der Waals surface area (Å²) in [7, 11) is 1.42. The van der Waals surface area contributed by atoms with Crippen LogP contribution in [0.3, 0.4) is 0 Å². The van der Waals surface area contributed by atoms with Crippen LogP contribution in [0.1, 0.15) is 27.7 Å². The van der Waals surface area contributed by atoms with Crippen LogP contribution >= 0.6 is 23.2 Å². The first kappa shape index (κ1) is 20.4. The fourth-order valence-corrected chi connectivity index (χ4v) is 4.37. The number of ether oxygens (including phenoxy) is 1. The molecule has 0 saturated heterocycles. The molecule has 1 amide bonds. The molecule has 0 saturated carbocycles. The summed E-state index contributed by atoms with van der Waals surface area (Å²) in [6, 6.07) is 15.3. The van der Waals surface area contributed by atoms with Gasteiger partial charge in [-0.1, -0.05) is 35.3 Å². The van der Waals surface area contributed by atoms with Gasteiger partial charge in [-0.2, -0.15) is 0 Å². The Bertz CT molecular complexity index is 1460. The molecule has 0 radical (unpaired) electrons. The van der Waals surface area contributed by atoms with E-state index < -0.39 is 11.9 Å². The molecular formula is C24H15Cl2NO5. The van der Waals surface area contributed by atoms with Gasteiger partial charge >= 0.3 is 0 Å². The van der Waals surface area contributed by atoms with Crippen LogP contribution < -0.4 is 15.1 Å². The summed E-state index contributed by atoms with van der Waals surface area (Å²) in [4.78, 5) is 28.5. The minimum absolute atomic E-state index is 0.0539. The maximum atomic E-state index is 13.6. The lowest BCUT2D eigenvalue weighted by Gasteiger charge is -2.25. The largest absolute Gasteiger partial charge is 0.504 e. The second-order valence-corrected chi connectivity index (χ2v) is 8.18. The zero-order valence-corrected chi connectivity index (χ0v) is 18.1. The van der Waals surface area contributed by atoms with Crippen molar-refractivity contribution in [2.24, 2.45) is 0 Å². The summed E-state index contributed by atoms with van der Waals surface area (Å²) in [5, 5.41) is 11.1. The van der Waals surface area contributed by atoms with E-state index >= 15 is 0 Å². The van der Waals surface area contributed by atoms with Crippen molar-refractivity contribution in [3.05, 3.63) is 97.8 Å². The van der Waals surface area contributed by atoms with E-state index in [1.807, 2.05) is 0 Å². The Kier molecular flexibility index (Phi) is 4.84. The molecule has 3 aromatic carbocycles. The Balaban J connectivity index is 1.83. The van der Waals surface area contributed by atoms with Gasteiger partial charge in [-0.3, -0.25) is 14.5 Å². The standard InChI is InChI=1S/C24H15Cl2NO5/c1-31-19-9-12(5-7-17(19)28)21-20-22(29)16-11-14(26)6-8-18(16)32-23(20)24(30)27(21)15-4-2-3-13(25)10-15/h2-11,21,28H,1H3. The van der Waals surface area contributed by atoms with E-state index in [2.05, 4.69) is 0 Å². The number of rotatable bonds is 3. The molecule has 0 fully saturated rings. The van der Waals surface area contributed by atoms with Crippen molar-refractivity contribution < 1.29 is 19.1 Å². The van der Waals surface area contributed by atoms with Gasteiger partial charge in [0, 0.05) is 15.7 Å². The summed E-state index contributed by atoms with van der Waals surface area (Å²) < 4.78 is 11.1. The van der Waals surface area contributed by atoms with Gasteiger partial charge < -0.3 is 14.3 Å². The second kappa shape index (κ2) is 7.58. The van der Waals surface area contributed by atoms with Crippen LogP contribution in [0.2, 0.25) is 10.0 Å². The molecule has 0 bridgehead atoms. The van der Waals surface area contributed by atoms with Gasteiger partial charge in [0.1, 0.15) is 5.58 Å². The lowest BCUT2D eigenvalue weighted by molar-refractivity contribution is 0.0971. The third kappa shape index (κ3) is 3.11. The fraction of sp³-hybridized carbons (Fsp3) is 0.0833. The number of carbonyl (C=O) groups excluding carboxylic acids is 1. The first-order valence-electron chi connectivity index (χ1n) is 9.61. The monoisotopic (exact) mass is 467 g/mol. The number of phenols is 1. The molecule has 6 nitrogen and oxygen atoms in total. The van der Waals surface area contributed by atoms with Gasteiger partial charge in [-0.05, 0) is 54.1 Å². The Morgan fingerprint density at radius 2 is 1.78 bits per heavy atom. The highest BCUT2D eigenvalue weighted by molar-refractivity contribution is 6.31. The number of nitrogens with zero attached hydrogens (tertiary/aromatic N) is 1. The number of methoxy groups -OCH3 is 1. The van der Waals surface area contributed by atoms with Crippen LogP contribution in [0.25, 0.3) is 11.0 Å². The van der Waals surface area contributed by atoms with Crippen LogP contribution in [0.5, 0.6) is 11.5 Å². The van der Waals surface area contributed by atoms with Crippen molar-refractivity contribution in [1.82, 2.24) is 0 Å². The molecule has 0 aliphatic carbocycles. The van der Waals surface area contributed by atoms with Crippen molar-refractivity contribution in [2.45, 2.75) is 6.04 Å². The third-order valence-electron chi connectivity index (χ3n) is 5.44. The number of hydrogen-bond donors (Lipinski definition) is 1. The molecule has 2 heterocycles. The molecule has 1 unspecified atom stereocenters. The van der Waals surface area contributed by atoms with E-state index in [1.165, 1.54) is 24.1 Å². The van der Waals surface area contributed by atoms with Gasteiger partial charge in [0.2, 0.25) is 5.76 Å². The molecule has 5 rings (SSSR count). The highest BCUT2D eigenvalue weighted by Crippen LogP contribution is 2.43. The average Bonchev–Trinajstić information content (AvgIpc) is 3.07. The van der Waals surface area contributed by atoms with Crippen molar-refractivity contribution in [2.75, 3.05) is 12.0 Å². The normalized spacial score (nSPS) is 15.3. The van der Waals surface area contributed by atoms with Crippen LogP contribution in [0.15, 0.2) is 69.9 Å². The molecule has 1 aliphatic rings. The number of halogens is 2. The Morgan fingerprint density at radius 3 is 2.53 bits per heavy atom. The van der Waals surface area contributed by atoms with Gasteiger partial charge in [-0.25, -0.2) is 0 Å². The SMILES string of the molecule is COc1cc(C2c3c(oc4ccc(Cl)cc4c3=O)C(=O)N2c2cccc(Cl)c2)ccc1O. The number of fused-ring (bicyclic) bond motifs is 2. The predicted octanol–water partition coefficient (Wildman–Crippen LogP) is 5.56. The van der Waals surface area contributed by atoms with Crippen molar-refractivity contribution >= 4 is 45.8 Å². The van der Waals surface area contributed by atoms with E-state index in [1.54, 1.807) is 48.5 Å². The molecule has 1 aromatic heterocycles. The van der Waals surface area contributed by atoms with Gasteiger partial charge in [-0.15, -0.1) is 0 Å². The van der Waals surface area contributed by atoms with Crippen LogP contribution in [-0.4, -0.2) is 18.1 Å². The Labute approximate surface area is 192 Å². The Morgan fingerprint density at radius 1 is 1.00 bits per heavy atom. The second-order valence-electron chi connectivity index (χ2n) is 7.30. The van der Waals surface area contributed by atoms with E-state index in [4.69, 9.17) is 32.4 Å². The number of amides is 1. The highest BCUT2D eigenvalue weighted by atomic mass is 35.5. The van der Waals surface area contributed by atoms with E-state index in [0.29, 0.717) is 21.3 Å². The number of aromatic hydroxyl groups is 1. The fourth-order valence-electron chi connectivity index (χ4n) is 4.02. The summed E-state index contributed by atoms with van der Waals surface area (Å²) in [5.41, 5.74) is 1.13. The number of carbonyl (C=O) groups is 1. The van der Waals surface area contributed by atoms with Crippen molar-refractivity contribution in [3.8, 4) is 11.5 Å². The van der Waals surface area contributed by atoms with E-state index in [0.717, 1.165) is 0 Å². The molecule has 4 aromatic rings. The zero-order valence-electron chi connectivity index (χ0n) is 16.6. The maximum Gasteiger partial charge on any atom is 0.295 e. The number of anilines is 1. The smallest absolute Gasteiger partial charge is 0.295 e. The van der Waals surface area contributed by atoms with Gasteiger partial charge in [0.05, 0.1) is 24.1 Å². The van der Waals surface area contributed by atoms with Crippen LogP contribution in [-0.2, 0) is 0 Å². The highest BCUT2D eigenvalue weighted by Gasteiger charge is 2.44. The number of benzene rings is 3. The van der Waals surface area contributed by atoms with Gasteiger partial charge in [0.25, 0.3) is 5.91 Å². The molecule has 0 spiro atoms. The summed E-state index contributed by atoms with van der Waals surface area (Å²) in [6.45, 7) is 0. The quantitative estimate of drug-likeness (QED) is 0.426. The number of hydrogen-bond acceptors (Lipinski definition) is 5. The molecule has 1 aliphatic heterocycles. The molecular weight excluding hydrogens is 453 g/mol. The minimum atomic E-state index is -0.829. The summed E-state index contributed by atoms with van der Waals surface area (Å²) in [6.07, 6.45) is 0. The topological polar surface area (TPSA) is 80.0 Å². The zero-order chi connectivity index (χ0) is 22.6. The molecule has 32 heavy (non-hydrogen) atoms. The molecule has 8 heteroatoms. The number of phenolic OH excluding ortho intramolecular Hbond substituents is 1. The molecule has 1 N–H and O–H groups in total. The molecule has 1 atom stereocenters. The van der Waals surface area contributed by atoms with Gasteiger partial charge in [0.15, 0.2) is 16.9 Å². The van der Waals surface area contributed by atoms with Crippen molar-refractivity contribution in [3.63, 3.8) is 0 Å². The lowest BCUT2D eigenvalue weighted by atomic mass is 9.97. The van der Waals surface area contributed by atoms with Crippen LogP contribution in [0, 0.1) is 0 Å². The van der Waals surface area contributed by atoms with Crippen molar-refractivity contribution in [1.29, 1.82) is 0 Å². The first-order valence-corrected chi connectivity index (χ1v) is 10.4. The third-order valence-corrected chi connectivity index (χ3v) is 5.91. The lowest BCUT2D eigenvalue weighted by Crippen LogP contribution is -2.29. The predicted molar refractivity (Wildman–Crippen MR) is 122 cm³/mol. The average molecular weight is 468 g/mol. The summed E-state index contributed by atoms with van der Waals surface area (Å²) in [5.74, 6) is -0.384. The first-order chi connectivity index (χ1) is 15.4. The summed E-state index contributed by atoms with van der Waals surface area (Å²) >= 11 is 12.3.